The van der Waals surface area contributed by atoms with Gasteiger partial charge in [0, 0.05) is 13.8 Å². The lowest BCUT2D eigenvalue weighted by Gasteiger charge is -2.34. The molecule has 0 aromatic heterocycles. The monoisotopic (exact) mass is 443 g/mol. The summed E-state index contributed by atoms with van der Waals surface area (Å²) in [6.07, 6.45) is 0.713. The maximum Gasteiger partial charge on any atom is 0.340 e. The molecule has 0 spiro atoms. The van der Waals surface area contributed by atoms with Crippen molar-refractivity contribution in [2.24, 2.45) is 11.8 Å². The van der Waals surface area contributed by atoms with Gasteiger partial charge in [-0.15, -0.1) is 0 Å². The normalized spacial score (nSPS) is 27.6. The molecular weight excluding hydrogens is 422 g/mol. The molecule has 4 rings (SSSR count). The number of carbonyl (C=O) groups excluding carboxylic acids is 5. The van der Waals surface area contributed by atoms with Gasteiger partial charge in [0.15, 0.2) is 5.60 Å². The summed E-state index contributed by atoms with van der Waals surface area (Å²) >= 11 is 0. The Kier molecular flexibility index (Phi) is 5.33. The minimum atomic E-state index is -1.66. The number of nitrogens with zero attached hydrogens (tertiary/aromatic N) is 1. The van der Waals surface area contributed by atoms with E-state index < -0.39 is 59.6 Å². The molecule has 32 heavy (non-hydrogen) atoms. The average molecular weight is 443 g/mol. The molecule has 1 aromatic rings. The maximum absolute atomic E-state index is 13.6. The van der Waals surface area contributed by atoms with Crippen molar-refractivity contribution >= 4 is 35.4 Å². The number of hydrogen-bond donors (Lipinski definition) is 0. The second kappa shape index (κ2) is 7.86. The maximum atomic E-state index is 13.6. The Morgan fingerprint density at radius 1 is 1.09 bits per heavy atom. The summed E-state index contributed by atoms with van der Waals surface area (Å²) in [5, 5.41) is 0. The van der Waals surface area contributed by atoms with E-state index in [0.717, 1.165) is 18.7 Å². The number of rotatable bonds is 6. The highest BCUT2D eigenvalue weighted by Crippen LogP contribution is 2.55. The summed E-state index contributed by atoms with van der Waals surface area (Å²) in [6, 6.07) is 6.12. The highest BCUT2D eigenvalue weighted by Gasteiger charge is 2.72. The number of para-hydroxylation sites is 1. The Morgan fingerprint density at radius 2 is 1.75 bits per heavy atom. The molecule has 3 aliphatic heterocycles. The lowest BCUT2D eigenvalue weighted by molar-refractivity contribution is -0.226. The van der Waals surface area contributed by atoms with Gasteiger partial charge in [-0.2, -0.15) is 0 Å². The Morgan fingerprint density at radius 3 is 2.38 bits per heavy atom. The Balaban J connectivity index is 1.76. The molecule has 0 unspecified atom stereocenters. The third-order valence-electron chi connectivity index (χ3n) is 5.63. The molecule has 168 valence electrons. The molecule has 3 aliphatic rings. The number of benzene rings is 1. The van der Waals surface area contributed by atoms with Gasteiger partial charge >= 0.3 is 17.9 Å². The van der Waals surface area contributed by atoms with Gasteiger partial charge in [0.2, 0.25) is 11.8 Å². The molecule has 4 atom stereocenters. The number of ether oxygens (including phenoxy) is 4. The number of amides is 2. The van der Waals surface area contributed by atoms with Crippen molar-refractivity contribution in [3.8, 4) is 0 Å². The van der Waals surface area contributed by atoms with E-state index >= 15 is 0 Å². The van der Waals surface area contributed by atoms with E-state index in [1.165, 1.54) is 18.2 Å². The molecule has 2 saturated heterocycles. The molecule has 3 heterocycles. The van der Waals surface area contributed by atoms with Gasteiger partial charge in [-0.1, -0.05) is 18.2 Å². The summed E-state index contributed by atoms with van der Waals surface area (Å²) in [7, 11) is 0. The molecular formula is C22H21NO9. The average Bonchev–Trinajstić information content (AvgIpc) is 3.38. The van der Waals surface area contributed by atoms with Gasteiger partial charge < -0.3 is 18.9 Å². The molecule has 2 fully saturated rings. The van der Waals surface area contributed by atoms with Crippen LogP contribution in [0.2, 0.25) is 0 Å². The SMILES string of the molecule is CCOC(=O)c1ccccc1N1C(=O)[C@H]2[C@H]3C=C[C@@](C(OC(C)=O)OC(C)=O)(O3)[C@H]2C1=O. The first-order valence-corrected chi connectivity index (χ1v) is 10.1. The van der Waals surface area contributed by atoms with Crippen LogP contribution in [-0.2, 0) is 38.1 Å². The fourth-order valence-corrected chi connectivity index (χ4v) is 4.50. The first-order chi connectivity index (χ1) is 15.2. The second-order valence-electron chi connectivity index (χ2n) is 7.60. The van der Waals surface area contributed by atoms with Crippen molar-refractivity contribution in [3.05, 3.63) is 42.0 Å². The van der Waals surface area contributed by atoms with Crippen LogP contribution in [0, 0.1) is 11.8 Å². The summed E-state index contributed by atoms with van der Waals surface area (Å²) < 4.78 is 21.3. The molecule has 1 aromatic carbocycles. The first kappa shape index (κ1) is 21.7. The number of esters is 3. The van der Waals surface area contributed by atoms with Gasteiger partial charge in [-0.05, 0) is 25.1 Å². The van der Waals surface area contributed by atoms with Crippen molar-refractivity contribution in [3.63, 3.8) is 0 Å². The lowest BCUT2D eigenvalue weighted by atomic mass is 9.76. The van der Waals surface area contributed by atoms with Crippen LogP contribution in [-0.4, -0.2) is 54.3 Å². The van der Waals surface area contributed by atoms with Gasteiger partial charge in [0.05, 0.1) is 35.8 Å². The molecule has 0 radical (unpaired) electrons. The zero-order chi connectivity index (χ0) is 23.2. The lowest BCUT2D eigenvalue weighted by Crippen LogP contribution is -2.52. The van der Waals surface area contributed by atoms with E-state index in [1.807, 2.05) is 0 Å². The zero-order valence-corrected chi connectivity index (χ0v) is 17.6. The van der Waals surface area contributed by atoms with Crippen LogP contribution in [0.3, 0.4) is 0 Å². The summed E-state index contributed by atoms with van der Waals surface area (Å²) in [5.41, 5.74) is -1.52. The molecule has 0 saturated carbocycles. The summed E-state index contributed by atoms with van der Waals surface area (Å²) in [4.78, 5) is 63.6. The molecule has 2 amide bonds. The van der Waals surface area contributed by atoms with Crippen LogP contribution in [0.15, 0.2) is 36.4 Å². The predicted molar refractivity (Wildman–Crippen MR) is 106 cm³/mol. The van der Waals surface area contributed by atoms with Crippen molar-refractivity contribution in [2.45, 2.75) is 38.8 Å². The first-order valence-electron chi connectivity index (χ1n) is 10.1. The highest BCUT2D eigenvalue weighted by atomic mass is 16.7. The Hall–Kier alpha value is -3.53. The van der Waals surface area contributed by atoms with E-state index in [9.17, 15) is 24.0 Å². The number of carbonyl (C=O) groups is 5. The molecule has 10 nitrogen and oxygen atoms in total. The fourth-order valence-electron chi connectivity index (χ4n) is 4.50. The second-order valence-corrected chi connectivity index (χ2v) is 7.60. The predicted octanol–water partition coefficient (Wildman–Crippen LogP) is 1.13. The molecule has 10 heteroatoms. The van der Waals surface area contributed by atoms with E-state index in [2.05, 4.69) is 0 Å². The van der Waals surface area contributed by atoms with E-state index in [4.69, 9.17) is 18.9 Å². The van der Waals surface area contributed by atoms with Gasteiger partial charge in [-0.3, -0.25) is 19.2 Å². The Labute approximate surface area is 183 Å². The minimum absolute atomic E-state index is 0.0582. The number of hydrogen-bond acceptors (Lipinski definition) is 9. The minimum Gasteiger partial charge on any atom is -0.462 e. The quantitative estimate of drug-likeness (QED) is 0.275. The van der Waals surface area contributed by atoms with Crippen molar-refractivity contribution in [1.29, 1.82) is 0 Å². The largest absolute Gasteiger partial charge is 0.462 e. The van der Waals surface area contributed by atoms with Crippen LogP contribution in [0.4, 0.5) is 5.69 Å². The van der Waals surface area contributed by atoms with Gasteiger partial charge in [-0.25, -0.2) is 9.69 Å². The standard InChI is InChI=1S/C22H21NO9/c1-4-29-20(28)13-7-5-6-8-14(13)23-18(26)16-15-9-10-22(32-15,17(16)19(23)27)21(30-11(2)24)31-12(3)25/h5-10,15-17,21H,4H2,1-3H3/t15-,16+,17-,22-/m1/s1. The third kappa shape index (κ3) is 3.18. The smallest absolute Gasteiger partial charge is 0.340 e. The van der Waals surface area contributed by atoms with Crippen LogP contribution in [0.25, 0.3) is 0 Å². The fraction of sp³-hybridized carbons (Fsp3) is 0.409. The zero-order valence-electron chi connectivity index (χ0n) is 17.6. The van der Waals surface area contributed by atoms with Gasteiger partial charge in [0.1, 0.15) is 0 Å². The summed E-state index contributed by atoms with van der Waals surface area (Å²) in [6.45, 7) is 4.01. The van der Waals surface area contributed by atoms with Crippen LogP contribution < -0.4 is 4.90 Å². The van der Waals surface area contributed by atoms with Crippen molar-refractivity contribution in [2.75, 3.05) is 11.5 Å². The summed E-state index contributed by atoms with van der Waals surface area (Å²) in [5.74, 6) is -5.47. The molecule has 0 N–H and O–H groups in total. The number of anilines is 1. The Bertz CT molecular complexity index is 1030. The van der Waals surface area contributed by atoms with Crippen LogP contribution >= 0.6 is 0 Å². The van der Waals surface area contributed by atoms with E-state index in [1.54, 1.807) is 25.1 Å². The van der Waals surface area contributed by atoms with Crippen molar-refractivity contribution < 1.29 is 42.9 Å². The molecule has 2 bridgehead atoms. The topological polar surface area (TPSA) is 126 Å². The van der Waals surface area contributed by atoms with Crippen LogP contribution in [0.1, 0.15) is 31.1 Å². The third-order valence-corrected chi connectivity index (χ3v) is 5.63. The number of imide groups is 1. The van der Waals surface area contributed by atoms with E-state index in [0.29, 0.717) is 0 Å². The van der Waals surface area contributed by atoms with E-state index in [-0.39, 0.29) is 17.9 Å². The van der Waals surface area contributed by atoms with Crippen molar-refractivity contribution in [1.82, 2.24) is 0 Å². The van der Waals surface area contributed by atoms with Gasteiger partial charge in [0.25, 0.3) is 6.29 Å². The molecule has 0 aliphatic carbocycles. The highest BCUT2D eigenvalue weighted by molar-refractivity contribution is 6.25. The number of fused-ring (bicyclic) bond motifs is 5. The van der Waals surface area contributed by atoms with Crippen LogP contribution in [0.5, 0.6) is 0 Å².